The molecule has 0 N–H and O–H groups in total. The number of aromatic nitrogens is 3. The zero-order valence-corrected chi connectivity index (χ0v) is 40.7. The second-order valence-electron chi connectivity index (χ2n) is 16.1. The molecule has 5 aromatic heterocycles. The standard InChI is InChI=1S/C29H29GeN2O.C21H20NSSi.Ir/c1-4-30(5-2,6-3)22-16-17-26(31-19-22)25-20-32-29-28(23-14-10-11-15-27(23)33-29)24(25)18-21-12-8-7-9-13-21;1-14-9-11-16(18-12-10-15(13-22-18)24(2,3)4)21-20(14)17-7-5-6-8-19(17)23-21;/h7-17,19H,4-6,18H2,1-3H3;5-10,12-13H,1-4H3;/q2*-1;. The molecule has 0 spiro atoms. The first-order valence-electron chi connectivity index (χ1n) is 20.2. The van der Waals surface area contributed by atoms with Crippen LogP contribution in [-0.2, 0) is 26.5 Å². The van der Waals surface area contributed by atoms with Crippen molar-refractivity contribution >= 4 is 84.5 Å². The van der Waals surface area contributed by atoms with Crippen LogP contribution in [0.15, 0.2) is 126 Å². The third-order valence-electron chi connectivity index (χ3n) is 11.9. The van der Waals surface area contributed by atoms with Crippen molar-refractivity contribution in [2.75, 3.05) is 0 Å². The summed E-state index contributed by atoms with van der Waals surface area (Å²) in [6.07, 6.45) is 8.27. The summed E-state index contributed by atoms with van der Waals surface area (Å²) in [5.41, 5.74) is 9.24. The van der Waals surface area contributed by atoms with Gasteiger partial charge < -0.3 is 4.98 Å². The number of rotatable bonds is 9. The SMILES string of the molecule is C[CH2][Ge]([CH2]C)([CH2]C)[c]1ccc(-c2[c-]nc3oc4ccccc4c3c2Cc2ccccc2)nc1.Cc1c[c-]c(-c2ccc([Si](C)(C)C)cn2)c2sc3ccccc3c12.[Ir]. The Balaban J connectivity index is 0.000000182. The van der Waals surface area contributed by atoms with Crippen molar-refractivity contribution in [3.05, 3.63) is 151 Å². The van der Waals surface area contributed by atoms with Crippen molar-refractivity contribution in [3.8, 4) is 22.5 Å². The van der Waals surface area contributed by atoms with E-state index in [2.05, 4.69) is 174 Å². The Labute approximate surface area is 363 Å². The first-order valence-corrected chi connectivity index (χ1v) is 30.0. The van der Waals surface area contributed by atoms with E-state index in [0.717, 1.165) is 45.3 Å². The van der Waals surface area contributed by atoms with Gasteiger partial charge in [0.2, 0.25) is 0 Å². The summed E-state index contributed by atoms with van der Waals surface area (Å²) < 4.78 is 10.2. The summed E-state index contributed by atoms with van der Waals surface area (Å²) in [6.45, 7) is 16.3. The van der Waals surface area contributed by atoms with E-state index in [1.54, 1.807) is 0 Å². The molecule has 0 aliphatic rings. The molecule has 4 aromatic carbocycles. The molecule has 4 nitrogen and oxygen atoms in total. The van der Waals surface area contributed by atoms with Gasteiger partial charge in [-0.2, -0.15) is 11.3 Å². The number of benzene rings is 4. The Bertz CT molecular complexity index is 2820. The number of pyridine rings is 3. The number of aryl methyl sites for hydroxylation is 1. The Morgan fingerprint density at radius 2 is 1.36 bits per heavy atom. The third kappa shape index (κ3) is 8.04. The Morgan fingerprint density at radius 3 is 2.03 bits per heavy atom. The molecule has 0 aliphatic carbocycles. The fourth-order valence-electron chi connectivity index (χ4n) is 8.22. The van der Waals surface area contributed by atoms with Gasteiger partial charge in [0.15, 0.2) is 0 Å². The molecule has 0 aliphatic heterocycles. The molecule has 0 unspecified atom stereocenters. The maximum absolute atomic E-state index is 6.07. The summed E-state index contributed by atoms with van der Waals surface area (Å²) in [5.74, 6) is 0. The van der Waals surface area contributed by atoms with Crippen LogP contribution < -0.4 is 9.58 Å². The molecular formula is C50H49GeIrN3OSSi-2. The average molecular weight is 1030 g/mol. The number of para-hydroxylation sites is 1. The van der Waals surface area contributed by atoms with Gasteiger partial charge in [0.05, 0.1) is 8.07 Å². The largest absolute Gasteiger partial charge is 0.305 e. The summed E-state index contributed by atoms with van der Waals surface area (Å²) in [5, 5.41) is 10.1. The summed E-state index contributed by atoms with van der Waals surface area (Å²) in [7, 11) is -1.32. The number of thiophene rings is 1. The van der Waals surface area contributed by atoms with E-state index in [1.165, 1.54) is 62.2 Å². The van der Waals surface area contributed by atoms with E-state index < -0.39 is 21.3 Å². The van der Waals surface area contributed by atoms with Crippen LogP contribution in [0, 0.1) is 19.2 Å². The maximum Gasteiger partial charge on any atom is 0.0795 e. The third-order valence-corrected chi connectivity index (χ3v) is 26.8. The second kappa shape index (κ2) is 17.5. The molecule has 0 atom stereocenters. The Morgan fingerprint density at radius 1 is 0.707 bits per heavy atom. The molecular weight excluding hydrogens is 984 g/mol. The van der Waals surface area contributed by atoms with Gasteiger partial charge in [-0.1, -0.05) is 62.3 Å². The van der Waals surface area contributed by atoms with Gasteiger partial charge in [-0.3, -0.25) is 0 Å². The maximum atomic E-state index is 6.07. The minimum Gasteiger partial charge on any atom is -0.305 e. The van der Waals surface area contributed by atoms with E-state index in [4.69, 9.17) is 14.4 Å². The van der Waals surface area contributed by atoms with Crippen LogP contribution in [-0.4, -0.2) is 36.3 Å². The molecule has 9 aromatic rings. The zero-order chi connectivity index (χ0) is 39.7. The normalized spacial score (nSPS) is 11.8. The summed E-state index contributed by atoms with van der Waals surface area (Å²) in [4.78, 5) is 14.3. The van der Waals surface area contributed by atoms with Crippen molar-refractivity contribution in [1.29, 1.82) is 0 Å². The first kappa shape index (κ1) is 41.9. The number of hydrogen-bond donors (Lipinski definition) is 0. The van der Waals surface area contributed by atoms with E-state index >= 15 is 0 Å². The van der Waals surface area contributed by atoms with Gasteiger partial charge >= 0.3 is 199 Å². The van der Waals surface area contributed by atoms with Crippen molar-refractivity contribution in [2.45, 2.75) is 69.5 Å². The predicted molar refractivity (Wildman–Crippen MR) is 249 cm³/mol. The molecule has 0 amide bonds. The van der Waals surface area contributed by atoms with Crippen LogP contribution in [0.2, 0.25) is 35.4 Å². The van der Waals surface area contributed by atoms with Crippen molar-refractivity contribution < 1.29 is 24.5 Å². The van der Waals surface area contributed by atoms with Crippen LogP contribution >= 0.6 is 11.3 Å². The monoisotopic (exact) mass is 1030 g/mol. The molecule has 5 heterocycles. The van der Waals surface area contributed by atoms with Crippen LogP contribution in [0.5, 0.6) is 0 Å². The van der Waals surface area contributed by atoms with E-state index in [9.17, 15) is 0 Å². The van der Waals surface area contributed by atoms with Crippen molar-refractivity contribution in [2.24, 2.45) is 0 Å². The van der Waals surface area contributed by atoms with Crippen molar-refractivity contribution in [3.63, 3.8) is 0 Å². The van der Waals surface area contributed by atoms with E-state index in [1.807, 2.05) is 23.5 Å². The predicted octanol–water partition coefficient (Wildman–Crippen LogP) is 12.9. The van der Waals surface area contributed by atoms with Crippen LogP contribution in [0.3, 0.4) is 0 Å². The molecule has 0 fully saturated rings. The second-order valence-corrected chi connectivity index (χ2v) is 33.3. The van der Waals surface area contributed by atoms with Gasteiger partial charge in [0, 0.05) is 31.0 Å². The van der Waals surface area contributed by atoms with Gasteiger partial charge in [0.1, 0.15) is 0 Å². The average Bonchev–Trinajstić information content (AvgIpc) is 3.83. The van der Waals surface area contributed by atoms with Crippen molar-refractivity contribution in [1.82, 2.24) is 15.0 Å². The Hall–Kier alpha value is -4.24. The van der Waals surface area contributed by atoms with Gasteiger partial charge in [-0.15, -0.1) is 23.3 Å². The Kier molecular flexibility index (Phi) is 12.7. The minimum absolute atomic E-state index is 0. The topological polar surface area (TPSA) is 51.8 Å². The number of furan rings is 1. The molecule has 0 bridgehead atoms. The fourth-order valence-corrected chi connectivity index (χ4v) is 17.9. The van der Waals surface area contributed by atoms with Gasteiger partial charge in [-0.05, 0) is 27.0 Å². The van der Waals surface area contributed by atoms with Gasteiger partial charge in [-0.25, -0.2) is 0 Å². The molecule has 8 heteroatoms. The smallest absolute Gasteiger partial charge is 0.0795 e. The molecule has 0 saturated heterocycles. The van der Waals surface area contributed by atoms with Crippen LogP contribution in [0.1, 0.15) is 37.5 Å². The quantitative estimate of drug-likeness (QED) is 0.107. The van der Waals surface area contributed by atoms with E-state index in [-0.39, 0.29) is 20.1 Å². The van der Waals surface area contributed by atoms with Crippen LogP contribution in [0.25, 0.3) is 64.8 Å². The van der Waals surface area contributed by atoms with Gasteiger partial charge in [0.25, 0.3) is 0 Å². The molecule has 58 heavy (non-hydrogen) atoms. The molecule has 9 rings (SSSR count). The minimum atomic E-state index is -2.04. The first-order chi connectivity index (χ1) is 27.6. The summed E-state index contributed by atoms with van der Waals surface area (Å²) >= 11 is -0.197. The zero-order valence-electron chi connectivity index (χ0n) is 34.4. The number of hydrogen-bond acceptors (Lipinski definition) is 5. The summed E-state index contributed by atoms with van der Waals surface area (Å²) in [6, 6.07) is 41.9. The van der Waals surface area contributed by atoms with E-state index in [0.29, 0.717) is 5.71 Å². The van der Waals surface area contributed by atoms with Crippen LogP contribution in [0.4, 0.5) is 0 Å². The number of fused-ring (bicyclic) bond motifs is 6. The molecule has 295 valence electrons. The molecule has 1 radical (unpaired) electrons. The fraction of sp³-hybridized carbons (Fsp3) is 0.220. The molecule has 0 saturated carbocycles. The number of nitrogens with zero attached hydrogens (tertiary/aromatic N) is 3.